The Morgan fingerprint density at radius 3 is 2.18 bits per heavy atom. The minimum absolute atomic E-state index is 0.355. The maximum absolute atomic E-state index is 13.9. The van der Waals surface area contributed by atoms with E-state index < -0.39 is 0 Å². The summed E-state index contributed by atoms with van der Waals surface area (Å²) in [6.07, 6.45) is 1.84. The van der Waals surface area contributed by atoms with E-state index in [9.17, 15) is 9.59 Å². The topological polar surface area (TPSA) is 59.1 Å². The second kappa shape index (κ2) is 8.47. The van der Waals surface area contributed by atoms with Crippen molar-refractivity contribution in [1.29, 1.82) is 0 Å². The van der Waals surface area contributed by atoms with Crippen LogP contribution in [0.25, 0.3) is 5.57 Å². The molecule has 0 saturated carbocycles. The van der Waals surface area contributed by atoms with Gasteiger partial charge in [-0.1, -0.05) is 42.5 Å². The number of benzene rings is 3. The van der Waals surface area contributed by atoms with E-state index in [1.807, 2.05) is 41.3 Å². The highest BCUT2D eigenvalue weighted by Crippen LogP contribution is 2.41. The molecule has 0 bridgehead atoms. The molecular weight excluding hydrogens is 416 g/mol. The molecule has 2 amide bonds. The maximum atomic E-state index is 13.9. The fraction of sp³-hybridized carbons (Fsp3) is 0.185. The maximum Gasteiger partial charge on any atom is 0.282 e. The number of rotatable bonds is 5. The van der Waals surface area contributed by atoms with E-state index >= 15 is 0 Å². The normalized spacial score (nSPS) is 15.7. The van der Waals surface area contributed by atoms with Gasteiger partial charge in [-0.25, -0.2) is 4.90 Å². The largest absolute Gasteiger partial charge is 0.497 e. The molecule has 0 radical (unpaired) electrons. The molecule has 3 aromatic rings. The van der Waals surface area contributed by atoms with Crippen LogP contribution in [-0.4, -0.2) is 32.6 Å². The van der Waals surface area contributed by atoms with E-state index in [4.69, 9.17) is 9.47 Å². The monoisotopic (exact) mass is 440 g/mol. The van der Waals surface area contributed by atoms with E-state index in [2.05, 4.69) is 6.07 Å². The van der Waals surface area contributed by atoms with Gasteiger partial charge in [0, 0.05) is 12.2 Å². The van der Waals surface area contributed by atoms with Gasteiger partial charge in [0.05, 0.1) is 25.5 Å². The highest BCUT2D eigenvalue weighted by molar-refractivity contribution is 6.46. The summed E-state index contributed by atoms with van der Waals surface area (Å²) < 4.78 is 10.8. The van der Waals surface area contributed by atoms with E-state index in [1.165, 1.54) is 17.6 Å². The fourth-order valence-corrected chi connectivity index (χ4v) is 4.59. The molecule has 2 aliphatic rings. The number of anilines is 2. The van der Waals surface area contributed by atoms with Crippen LogP contribution in [0.15, 0.2) is 78.5 Å². The van der Waals surface area contributed by atoms with Crippen LogP contribution in [0.1, 0.15) is 17.5 Å². The Balaban J connectivity index is 1.70. The zero-order valence-corrected chi connectivity index (χ0v) is 18.6. The third kappa shape index (κ3) is 3.44. The van der Waals surface area contributed by atoms with Crippen LogP contribution in [0.4, 0.5) is 11.4 Å². The summed E-state index contributed by atoms with van der Waals surface area (Å²) >= 11 is 0. The van der Waals surface area contributed by atoms with Gasteiger partial charge >= 0.3 is 0 Å². The van der Waals surface area contributed by atoms with E-state index in [0.29, 0.717) is 40.6 Å². The molecule has 0 aliphatic carbocycles. The van der Waals surface area contributed by atoms with Crippen molar-refractivity contribution in [2.24, 2.45) is 0 Å². The smallest absolute Gasteiger partial charge is 0.282 e. The molecule has 6 nitrogen and oxygen atoms in total. The molecule has 33 heavy (non-hydrogen) atoms. The third-order valence-electron chi connectivity index (χ3n) is 6.14. The molecule has 0 spiro atoms. The summed E-state index contributed by atoms with van der Waals surface area (Å²) in [5.74, 6) is 0.427. The van der Waals surface area contributed by atoms with Gasteiger partial charge in [0.2, 0.25) is 0 Å². The number of aryl methyl sites for hydroxylation is 1. The minimum atomic E-state index is -0.368. The molecule has 166 valence electrons. The number of carbonyl (C=O) groups excluding carboxylic acids is 2. The molecule has 3 aromatic carbocycles. The Bertz CT molecular complexity index is 1260. The average molecular weight is 440 g/mol. The number of methoxy groups -OCH3 is 2. The lowest BCUT2D eigenvalue weighted by molar-refractivity contribution is -0.120. The van der Waals surface area contributed by atoms with Crippen molar-refractivity contribution >= 4 is 28.8 Å². The second-order valence-electron chi connectivity index (χ2n) is 7.95. The molecule has 6 heteroatoms. The van der Waals surface area contributed by atoms with Gasteiger partial charge in [0.25, 0.3) is 11.8 Å². The summed E-state index contributed by atoms with van der Waals surface area (Å²) in [6, 6.07) is 22.4. The number of hydrogen-bond donors (Lipinski definition) is 0. The lowest BCUT2D eigenvalue weighted by atomic mass is 9.98. The second-order valence-corrected chi connectivity index (χ2v) is 7.95. The molecule has 0 N–H and O–H groups in total. The quantitative estimate of drug-likeness (QED) is 0.549. The van der Waals surface area contributed by atoms with Crippen LogP contribution in [0, 0.1) is 0 Å². The van der Waals surface area contributed by atoms with Crippen LogP contribution in [0.2, 0.25) is 0 Å². The predicted molar refractivity (Wildman–Crippen MR) is 128 cm³/mol. The van der Waals surface area contributed by atoms with Crippen molar-refractivity contribution in [3.05, 3.63) is 89.6 Å². The number of para-hydroxylation sites is 3. The van der Waals surface area contributed by atoms with Gasteiger partial charge in [-0.05, 0) is 54.3 Å². The molecule has 0 saturated heterocycles. The molecule has 2 aliphatic heterocycles. The van der Waals surface area contributed by atoms with Crippen LogP contribution in [0.5, 0.6) is 11.5 Å². The van der Waals surface area contributed by atoms with Gasteiger partial charge in [0.1, 0.15) is 17.2 Å². The number of imide groups is 1. The van der Waals surface area contributed by atoms with Crippen LogP contribution in [-0.2, 0) is 16.0 Å². The first-order chi connectivity index (χ1) is 16.1. The van der Waals surface area contributed by atoms with E-state index in [0.717, 1.165) is 18.5 Å². The molecule has 0 atom stereocenters. The first kappa shape index (κ1) is 20.8. The Labute approximate surface area is 192 Å². The minimum Gasteiger partial charge on any atom is -0.497 e. The van der Waals surface area contributed by atoms with Gasteiger partial charge in [-0.2, -0.15) is 0 Å². The number of ether oxygens (including phenoxy) is 2. The number of carbonyl (C=O) groups is 2. The molecular formula is C27H24N2O4. The van der Waals surface area contributed by atoms with Gasteiger partial charge < -0.3 is 14.4 Å². The fourth-order valence-electron chi connectivity index (χ4n) is 4.59. The first-order valence-electron chi connectivity index (χ1n) is 10.9. The van der Waals surface area contributed by atoms with Gasteiger partial charge in [-0.15, -0.1) is 0 Å². The van der Waals surface area contributed by atoms with Crippen LogP contribution < -0.4 is 19.3 Å². The van der Waals surface area contributed by atoms with Crippen molar-refractivity contribution in [2.75, 3.05) is 30.6 Å². The molecule has 5 rings (SSSR count). The zero-order chi connectivity index (χ0) is 22.9. The van der Waals surface area contributed by atoms with Crippen molar-refractivity contribution < 1.29 is 19.1 Å². The zero-order valence-electron chi connectivity index (χ0n) is 18.6. The van der Waals surface area contributed by atoms with Gasteiger partial charge in [0.15, 0.2) is 0 Å². The summed E-state index contributed by atoms with van der Waals surface area (Å²) in [4.78, 5) is 31.0. The van der Waals surface area contributed by atoms with Crippen LogP contribution in [0.3, 0.4) is 0 Å². The Hall–Kier alpha value is -4.06. The average Bonchev–Trinajstić information content (AvgIpc) is 3.13. The SMILES string of the molecule is COc1ccc(C2=C(N3CCCc4ccccc43)C(=O)N(c3ccccc3OC)C2=O)cc1. The number of fused-ring (bicyclic) bond motifs is 1. The lowest BCUT2D eigenvalue weighted by Gasteiger charge is -2.32. The van der Waals surface area contributed by atoms with Crippen LogP contribution >= 0.6 is 0 Å². The highest BCUT2D eigenvalue weighted by atomic mass is 16.5. The van der Waals surface area contributed by atoms with Crippen molar-refractivity contribution in [2.45, 2.75) is 12.8 Å². The number of amides is 2. The summed E-state index contributed by atoms with van der Waals surface area (Å²) in [6.45, 7) is 0.658. The number of nitrogens with zero attached hydrogens (tertiary/aromatic N) is 2. The molecule has 0 fully saturated rings. The van der Waals surface area contributed by atoms with Crippen molar-refractivity contribution in [1.82, 2.24) is 0 Å². The molecule has 0 unspecified atom stereocenters. The predicted octanol–water partition coefficient (Wildman–Crippen LogP) is 4.44. The lowest BCUT2D eigenvalue weighted by Crippen LogP contribution is -2.37. The van der Waals surface area contributed by atoms with E-state index in [-0.39, 0.29) is 11.8 Å². The summed E-state index contributed by atoms with van der Waals surface area (Å²) in [5, 5.41) is 0. The number of hydrogen-bond acceptors (Lipinski definition) is 5. The van der Waals surface area contributed by atoms with Gasteiger partial charge in [-0.3, -0.25) is 9.59 Å². The molecule has 0 aromatic heterocycles. The standard InChI is InChI=1S/C27H24N2O4/c1-32-20-15-13-19(14-16-20)24-25(28-17-7-9-18-8-3-4-10-21(18)28)27(31)29(26(24)30)22-11-5-6-12-23(22)33-2/h3-6,8,10-16H,7,9,17H2,1-2H3. The van der Waals surface area contributed by atoms with E-state index in [1.54, 1.807) is 37.4 Å². The Kier molecular flexibility index (Phi) is 5.34. The summed E-state index contributed by atoms with van der Waals surface area (Å²) in [7, 11) is 3.13. The molecule has 2 heterocycles. The first-order valence-corrected chi connectivity index (χ1v) is 10.9. The Morgan fingerprint density at radius 1 is 0.758 bits per heavy atom. The Morgan fingerprint density at radius 2 is 1.45 bits per heavy atom. The highest BCUT2D eigenvalue weighted by Gasteiger charge is 2.44. The third-order valence-corrected chi connectivity index (χ3v) is 6.14. The van der Waals surface area contributed by atoms with Crippen molar-refractivity contribution in [3.8, 4) is 11.5 Å². The van der Waals surface area contributed by atoms with Crippen molar-refractivity contribution in [3.63, 3.8) is 0 Å². The summed E-state index contributed by atoms with van der Waals surface area (Å²) in [5.41, 5.74) is 4.01.